The van der Waals surface area contributed by atoms with Crippen molar-refractivity contribution in [3.63, 3.8) is 0 Å². The normalized spacial score (nSPS) is 10.7. The van der Waals surface area contributed by atoms with Crippen LogP contribution in [0.2, 0.25) is 0 Å². The van der Waals surface area contributed by atoms with Gasteiger partial charge >= 0.3 is 0 Å². The van der Waals surface area contributed by atoms with Gasteiger partial charge in [0, 0.05) is 34.2 Å². The number of aryl methyl sites for hydroxylation is 3. The monoisotopic (exact) mass is 445 g/mol. The van der Waals surface area contributed by atoms with Crippen LogP contribution >= 0.6 is 11.3 Å². The lowest BCUT2D eigenvalue weighted by Gasteiger charge is -2.06. The minimum absolute atomic E-state index is 0.131. The van der Waals surface area contributed by atoms with Crippen molar-refractivity contribution in [3.8, 4) is 22.4 Å². The minimum Gasteiger partial charge on any atom is -0.364 e. The Morgan fingerprint density at radius 1 is 0.969 bits per heavy atom. The fourth-order valence-electron chi connectivity index (χ4n) is 3.39. The molecule has 162 valence electrons. The number of pyridine rings is 1. The average Bonchev–Trinajstić information content (AvgIpc) is 3.40. The van der Waals surface area contributed by atoms with E-state index < -0.39 is 0 Å². The van der Waals surface area contributed by atoms with Gasteiger partial charge in [-0.1, -0.05) is 18.2 Å². The molecule has 3 aromatic heterocycles. The van der Waals surface area contributed by atoms with Crippen molar-refractivity contribution in [2.75, 3.05) is 11.9 Å². The molecule has 0 fully saturated rings. The van der Waals surface area contributed by atoms with E-state index in [-0.39, 0.29) is 18.4 Å². The average molecular weight is 446 g/mol. The minimum atomic E-state index is -0.331. The molecule has 0 unspecified atom stereocenters. The second-order valence-electron chi connectivity index (χ2n) is 7.56. The van der Waals surface area contributed by atoms with E-state index in [1.165, 1.54) is 11.3 Å². The Morgan fingerprint density at radius 3 is 2.44 bits per heavy atom. The molecule has 1 aromatic carbocycles. The number of rotatable bonds is 6. The van der Waals surface area contributed by atoms with Gasteiger partial charge in [-0.05, 0) is 56.2 Å². The molecule has 0 atom stereocenters. The highest BCUT2D eigenvalue weighted by Crippen LogP contribution is 2.29. The molecule has 3 N–H and O–H groups in total. The van der Waals surface area contributed by atoms with Gasteiger partial charge in [-0.15, -0.1) is 11.3 Å². The number of thiazole rings is 1. The summed E-state index contributed by atoms with van der Waals surface area (Å²) in [6.07, 6.45) is 1.61. The van der Waals surface area contributed by atoms with Gasteiger partial charge in [0.15, 0.2) is 5.13 Å². The van der Waals surface area contributed by atoms with Gasteiger partial charge in [-0.2, -0.15) is 0 Å². The zero-order valence-corrected chi connectivity index (χ0v) is 18.8. The van der Waals surface area contributed by atoms with Crippen LogP contribution in [0.1, 0.15) is 27.4 Å². The number of H-pyrrole nitrogens is 1. The van der Waals surface area contributed by atoms with E-state index in [1.54, 1.807) is 12.3 Å². The molecule has 0 aliphatic rings. The van der Waals surface area contributed by atoms with Gasteiger partial charge < -0.3 is 15.6 Å². The molecular weight excluding hydrogens is 422 g/mol. The molecule has 0 aliphatic heterocycles. The maximum absolute atomic E-state index is 12.2. The maximum atomic E-state index is 12.2. The number of aromatic amines is 1. The van der Waals surface area contributed by atoms with E-state index in [9.17, 15) is 9.59 Å². The zero-order chi connectivity index (χ0) is 22.7. The molecular formula is C24H23N5O2S. The number of carbonyl (C=O) groups is 2. The molecule has 0 bridgehead atoms. The fourth-order valence-corrected chi connectivity index (χ4v) is 4.12. The van der Waals surface area contributed by atoms with Gasteiger partial charge in [-0.25, -0.2) is 4.98 Å². The SMILES string of the molecule is Cc1cc(-c2cccc(-c3csc(NC(=O)CNC(=O)c4c[nH]c(C)c4)n3)c2)cc(C)n1. The molecule has 0 spiro atoms. The molecule has 4 rings (SSSR count). The van der Waals surface area contributed by atoms with Crippen molar-refractivity contribution < 1.29 is 9.59 Å². The summed E-state index contributed by atoms with van der Waals surface area (Å²) < 4.78 is 0. The van der Waals surface area contributed by atoms with Crippen LogP contribution in [-0.2, 0) is 4.79 Å². The number of nitrogens with one attached hydrogen (secondary N) is 3. The summed E-state index contributed by atoms with van der Waals surface area (Å²) in [5, 5.41) is 7.73. The Bertz CT molecular complexity index is 1270. The Balaban J connectivity index is 1.41. The summed E-state index contributed by atoms with van der Waals surface area (Å²) >= 11 is 1.34. The zero-order valence-electron chi connectivity index (χ0n) is 18.0. The molecule has 7 nitrogen and oxygen atoms in total. The molecule has 4 aromatic rings. The van der Waals surface area contributed by atoms with Gasteiger partial charge in [0.25, 0.3) is 5.91 Å². The molecule has 32 heavy (non-hydrogen) atoms. The standard InChI is InChI=1S/C24H23N5O2S/c1-14-7-20(11-25-14)23(31)26-12-22(30)29-24-28-21(13-32-24)18-6-4-5-17(10-18)19-8-15(2)27-16(3)9-19/h4-11,13,25H,12H2,1-3H3,(H,26,31)(H,28,29,30). The summed E-state index contributed by atoms with van der Waals surface area (Å²) in [5.74, 6) is -0.634. The van der Waals surface area contributed by atoms with E-state index in [2.05, 4.69) is 49.9 Å². The van der Waals surface area contributed by atoms with Crippen LogP contribution in [0, 0.1) is 20.8 Å². The molecule has 2 amide bonds. The lowest BCUT2D eigenvalue weighted by molar-refractivity contribution is -0.115. The Morgan fingerprint density at radius 2 is 1.72 bits per heavy atom. The Labute approximate surface area is 190 Å². The summed E-state index contributed by atoms with van der Waals surface area (Å²) in [6, 6.07) is 14.0. The number of benzene rings is 1. The van der Waals surface area contributed by atoms with Gasteiger partial charge in [0.2, 0.25) is 5.91 Å². The number of nitrogens with zero attached hydrogens (tertiary/aromatic N) is 2. The van der Waals surface area contributed by atoms with Gasteiger partial charge in [0.1, 0.15) is 0 Å². The first-order valence-electron chi connectivity index (χ1n) is 10.1. The number of aromatic nitrogens is 3. The molecule has 3 heterocycles. The number of anilines is 1. The van der Waals surface area contributed by atoms with Gasteiger partial charge in [0.05, 0.1) is 17.8 Å². The van der Waals surface area contributed by atoms with Crippen molar-refractivity contribution in [3.05, 3.63) is 76.7 Å². The summed E-state index contributed by atoms with van der Waals surface area (Å²) in [5.41, 5.74) is 7.25. The molecule has 0 saturated carbocycles. The Hall–Kier alpha value is -3.78. The molecule has 0 radical (unpaired) electrons. The third kappa shape index (κ3) is 5.09. The topological polar surface area (TPSA) is 99.8 Å². The first-order valence-corrected chi connectivity index (χ1v) is 11.0. The molecule has 0 saturated heterocycles. The van der Waals surface area contributed by atoms with Crippen LogP contribution in [-0.4, -0.2) is 33.3 Å². The van der Waals surface area contributed by atoms with E-state index >= 15 is 0 Å². The largest absolute Gasteiger partial charge is 0.364 e. The van der Waals surface area contributed by atoms with Crippen LogP contribution in [0.3, 0.4) is 0 Å². The summed E-state index contributed by atoms with van der Waals surface area (Å²) in [4.78, 5) is 36.2. The first kappa shape index (κ1) is 21.5. The van der Waals surface area contributed by atoms with Crippen LogP contribution in [0.5, 0.6) is 0 Å². The van der Waals surface area contributed by atoms with Gasteiger partial charge in [-0.3, -0.25) is 14.6 Å². The van der Waals surface area contributed by atoms with E-state index in [0.29, 0.717) is 10.7 Å². The quantitative estimate of drug-likeness (QED) is 0.407. The Kier molecular flexibility index (Phi) is 6.13. The van der Waals surface area contributed by atoms with Crippen molar-refractivity contribution in [2.24, 2.45) is 0 Å². The van der Waals surface area contributed by atoms with E-state index in [1.807, 2.05) is 38.3 Å². The summed E-state index contributed by atoms with van der Waals surface area (Å²) in [7, 11) is 0. The van der Waals surface area contributed by atoms with Crippen LogP contribution in [0.4, 0.5) is 5.13 Å². The van der Waals surface area contributed by atoms with E-state index in [0.717, 1.165) is 39.5 Å². The highest BCUT2D eigenvalue weighted by atomic mass is 32.1. The second-order valence-corrected chi connectivity index (χ2v) is 8.42. The number of carbonyl (C=O) groups excluding carboxylic acids is 2. The number of hydrogen-bond donors (Lipinski definition) is 3. The smallest absolute Gasteiger partial charge is 0.253 e. The number of hydrogen-bond acceptors (Lipinski definition) is 5. The van der Waals surface area contributed by atoms with Crippen molar-refractivity contribution in [1.82, 2.24) is 20.3 Å². The number of amides is 2. The first-order chi connectivity index (χ1) is 15.4. The maximum Gasteiger partial charge on any atom is 0.253 e. The molecule has 8 heteroatoms. The lowest BCUT2D eigenvalue weighted by atomic mass is 10.0. The summed E-state index contributed by atoms with van der Waals surface area (Å²) in [6.45, 7) is 5.70. The second kappa shape index (κ2) is 9.15. The highest BCUT2D eigenvalue weighted by Gasteiger charge is 2.12. The van der Waals surface area contributed by atoms with Crippen molar-refractivity contribution in [1.29, 1.82) is 0 Å². The fraction of sp³-hybridized carbons (Fsp3) is 0.167. The highest BCUT2D eigenvalue weighted by molar-refractivity contribution is 7.14. The van der Waals surface area contributed by atoms with E-state index in [4.69, 9.17) is 0 Å². The van der Waals surface area contributed by atoms with Crippen LogP contribution in [0.15, 0.2) is 54.0 Å². The molecule has 0 aliphatic carbocycles. The predicted molar refractivity (Wildman–Crippen MR) is 127 cm³/mol. The third-order valence-electron chi connectivity index (χ3n) is 4.82. The van der Waals surface area contributed by atoms with Crippen LogP contribution < -0.4 is 10.6 Å². The third-order valence-corrected chi connectivity index (χ3v) is 5.58. The lowest BCUT2D eigenvalue weighted by Crippen LogP contribution is -2.32. The van der Waals surface area contributed by atoms with Crippen molar-refractivity contribution >= 4 is 28.3 Å². The van der Waals surface area contributed by atoms with Crippen LogP contribution in [0.25, 0.3) is 22.4 Å². The predicted octanol–water partition coefficient (Wildman–Crippen LogP) is 4.49. The van der Waals surface area contributed by atoms with Crippen molar-refractivity contribution in [2.45, 2.75) is 20.8 Å².